The molecule has 1 unspecified atom stereocenters. The zero-order valence-corrected chi connectivity index (χ0v) is 17.0. The molecule has 7 heteroatoms. The van der Waals surface area contributed by atoms with Crippen LogP contribution in [0.25, 0.3) is 0 Å². The van der Waals surface area contributed by atoms with Crippen molar-refractivity contribution >= 4 is 5.96 Å². The second kappa shape index (κ2) is 7.21. The van der Waals surface area contributed by atoms with Gasteiger partial charge in [0.15, 0.2) is 11.8 Å². The van der Waals surface area contributed by atoms with Gasteiger partial charge in [-0.3, -0.25) is 4.99 Å². The Bertz CT molecular complexity index is 820. The molecule has 1 aliphatic rings. The molecule has 3 rings (SSSR count). The molecule has 0 amide bonds. The van der Waals surface area contributed by atoms with Crippen LogP contribution in [0.5, 0.6) is 5.75 Å². The Balaban J connectivity index is 1.68. The monoisotopic (exact) mass is 371 g/mol. The summed E-state index contributed by atoms with van der Waals surface area (Å²) in [5.41, 5.74) is 0.720. The summed E-state index contributed by atoms with van der Waals surface area (Å²) in [6.07, 6.45) is 0.834. The van der Waals surface area contributed by atoms with E-state index in [1.165, 1.54) is 0 Å². The number of nitrogens with zero attached hydrogens (tertiary/aromatic N) is 3. The fraction of sp³-hybridized carbons (Fsp3) is 0.550. The number of aliphatic imine (C=N–C) groups is 1. The number of aromatic nitrogens is 2. The number of fused-ring (bicyclic) bond motifs is 1. The summed E-state index contributed by atoms with van der Waals surface area (Å²) in [4.78, 5) is 8.79. The Morgan fingerprint density at radius 1 is 1.30 bits per heavy atom. The van der Waals surface area contributed by atoms with Crippen molar-refractivity contribution in [3.63, 3.8) is 0 Å². The highest BCUT2D eigenvalue weighted by Crippen LogP contribution is 2.39. The Kier molecular flexibility index (Phi) is 5.13. The summed E-state index contributed by atoms with van der Waals surface area (Å²) in [5.74, 6) is 2.84. The van der Waals surface area contributed by atoms with Gasteiger partial charge in [-0.25, -0.2) is 0 Å². The minimum absolute atomic E-state index is 0.103. The summed E-state index contributed by atoms with van der Waals surface area (Å²) in [6, 6.07) is 8.22. The lowest BCUT2D eigenvalue weighted by Crippen LogP contribution is -2.45. The van der Waals surface area contributed by atoms with Crippen LogP contribution in [0.15, 0.2) is 33.8 Å². The van der Waals surface area contributed by atoms with Crippen LogP contribution in [0.3, 0.4) is 0 Å². The van der Waals surface area contributed by atoms with Crippen LogP contribution in [0, 0.1) is 0 Å². The van der Waals surface area contributed by atoms with Crippen LogP contribution in [-0.4, -0.2) is 28.7 Å². The third kappa shape index (κ3) is 4.59. The molecule has 0 aliphatic carbocycles. The molecule has 2 heterocycles. The van der Waals surface area contributed by atoms with Crippen molar-refractivity contribution < 1.29 is 9.26 Å². The summed E-state index contributed by atoms with van der Waals surface area (Å²) in [7, 11) is 1.75. The van der Waals surface area contributed by atoms with Crippen LogP contribution in [-0.2, 0) is 12.0 Å². The molecule has 146 valence electrons. The van der Waals surface area contributed by atoms with E-state index in [4.69, 9.17) is 9.26 Å². The molecule has 0 fully saturated rings. The third-order valence-corrected chi connectivity index (χ3v) is 4.43. The molecule has 1 aromatic heterocycles. The van der Waals surface area contributed by atoms with E-state index in [1.807, 2.05) is 39.0 Å². The fourth-order valence-electron chi connectivity index (χ4n) is 3.08. The van der Waals surface area contributed by atoms with E-state index in [0.717, 1.165) is 17.7 Å². The van der Waals surface area contributed by atoms with Crippen molar-refractivity contribution in [1.29, 1.82) is 0 Å². The second-order valence-electron chi connectivity index (χ2n) is 8.49. The van der Waals surface area contributed by atoms with Gasteiger partial charge in [-0.05, 0) is 19.9 Å². The van der Waals surface area contributed by atoms with Gasteiger partial charge < -0.3 is 19.9 Å². The maximum absolute atomic E-state index is 6.10. The van der Waals surface area contributed by atoms with Crippen molar-refractivity contribution in [3.05, 3.63) is 41.5 Å². The first-order valence-electron chi connectivity index (χ1n) is 9.26. The lowest BCUT2D eigenvalue weighted by molar-refractivity contribution is 0.0694. The number of rotatable bonds is 3. The number of nitrogens with one attached hydrogen (secondary N) is 2. The first kappa shape index (κ1) is 19.2. The molecule has 0 bridgehead atoms. The van der Waals surface area contributed by atoms with Gasteiger partial charge in [0.05, 0.1) is 12.6 Å². The average Bonchev–Trinajstić information content (AvgIpc) is 3.06. The first-order chi connectivity index (χ1) is 12.7. The van der Waals surface area contributed by atoms with Gasteiger partial charge in [-0.15, -0.1) is 0 Å². The van der Waals surface area contributed by atoms with Gasteiger partial charge in [0.2, 0.25) is 5.89 Å². The summed E-state index contributed by atoms with van der Waals surface area (Å²) in [5, 5.41) is 10.8. The third-order valence-electron chi connectivity index (χ3n) is 4.43. The van der Waals surface area contributed by atoms with Gasteiger partial charge in [0.1, 0.15) is 11.4 Å². The SMILES string of the molecule is CN=C(NCc1noc(C(C)(C)C)n1)NC1CC(C)(C)Oc2ccccc21. The highest BCUT2D eigenvalue weighted by molar-refractivity contribution is 5.80. The topological polar surface area (TPSA) is 84.6 Å². The van der Waals surface area contributed by atoms with Crippen LogP contribution >= 0.6 is 0 Å². The van der Waals surface area contributed by atoms with Gasteiger partial charge >= 0.3 is 0 Å². The molecule has 1 aliphatic heterocycles. The molecular weight excluding hydrogens is 342 g/mol. The van der Waals surface area contributed by atoms with Crippen LogP contribution in [0.2, 0.25) is 0 Å². The first-order valence-corrected chi connectivity index (χ1v) is 9.26. The van der Waals surface area contributed by atoms with E-state index >= 15 is 0 Å². The van der Waals surface area contributed by atoms with Crippen LogP contribution < -0.4 is 15.4 Å². The number of hydrogen-bond donors (Lipinski definition) is 2. The van der Waals surface area contributed by atoms with Crippen LogP contribution in [0.1, 0.15) is 64.4 Å². The molecule has 2 aromatic rings. The predicted molar refractivity (Wildman–Crippen MR) is 105 cm³/mol. The Morgan fingerprint density at radius 2 is 2.04 bits per heavy atom. The van der Waals surface area contributed by atoms with Gasteiger partial charge in [0, 0.05) is 24.4 Å². The molecule has 1 atom stereocenters. The molecule has 7 nitrogen and oxygen atoms in total. The average molecular weight is 371 g/mol. The number of benzene rings is 1. The lowest BCUT2D eigenvalue weighted by Gasteiger charge is -2.38. The number of para-hydroxylation sites is 1. The molecule has 27 heavy (non-hydrogen) atoms. The molecular formula is C20H29N5O2. The van der Waals surface area contributed by atoms with Crippen molar-refractivity contribution in [2.45, 2.75) is 64.6 Å². The maximum atomic E-state index is 6.10. The predicted octanol–water partition coefficient (Wildman–Crippen LogP) is 3.33. The van der Waals surface area contributed by atoms with Gasteiger partial charge in [0.25, 0.3) is 0 Å². The van der Waals surface area contributed by atoms with Crippen molar-refractivity contribution in [1.82, 2.24) is 20.8 Å². The Labute approximate surface area is 160 Å². The maximum Gasteiger partial charge on any atom is 0.232 e. The molecule has 0 saturated carbocycles. The van der Waals surface area contributed by atoms with Crippen molar-refractivity contribution in [2.75, 3.05) is 7.05 Å². The standard InChI is InChI=1S/C20H29N5O2/c1-19(2,3)17-24-16(25-27-17)12-22-18(21-6)23-14-11-20(4,5)26-15-10-8-7-9-13(14)15/h7-10,14H,11-12H2,1-6H3,(H2,21,22,23). The Hall–Kier alpha value is -2.57. The number of guanidine groups is 1. The normalized spacial score (nSPS) is 19.2. The highest BCUT2D eigenvalue weighted by Gasteiger charge is 2.34. The highest BCUT2D eigenvalue weighted by atomic mass is 16.5. The minimum Gasteiger partial charge on any atom is -0.487 e. The van der Waals surface area contributed by atoms with E-state index in [0.29, 0.717) is 24.2 Å². The summed E-state index contributed by atoms with van der Waals surface area (Å²) in [6.45, 7) is 10.8. The largest absolute Gasteiger partial charge is 0.487 e. The van der Waals surface area contributed by atoms with Gasteiger partial charge in [-0.1, -0.05) is 44.1 Å². The Morgan fingerprint density at radius 3 is 2.70 bits per heavy atom. The van der Waals surface area contributed by atoms with E-state index in [1.54, 1.807) is 7.05 Å². The van der Waals surface area contributed by atoms with E-state index in [-0.39, 0.29) is 17.1 Å². The number of hydrogen-bond acceptors (Lipinski definition) is 5. The van der Waals surface area contributed by atoms with Crippen molar-refractivity contribution in [2.24, 2.45) is 4.99 Å². The summed E-state index contributed by atoms with van der Waals surface area (Å²) < 4.78 is 11.4. The quantitative estimate of drug-likeness (QED) is 0.636. The smallest absolute Gasteiger partial charge is 0.232 e. The second-order valence-corrected chi connectivity index (χ2v) is 8.49. The molecule has 0 saturated heterocycles. The molecule has 1 aromatic carbocycles. The van der Waals surface area contributed by atoms with Crippen molar-refractivity contribution in [3.8, 4) is 5.75 Å². The zero-order chi connectivity index (χ0) is 19.7. The minimum atomic E-state index is -0.250. The lowest BCUT2D eigenvalue weighted by atomic mass is 9.90. The zero-order valence-electron chi connectivity index (χ0n) is 17.0. The summed E-state index contributed by atoms with van der Waals surface area (Å²) >= 11 is 0. The van der Waals surface area contributed by atoms with E-state index < -0.39 is 0 Å². The van der Waals surface area contributed by atoms with Crippen LogP contribution in [0.4, 0.5) is 0 Å². The van der Waals surface area contributed by atoms with Gasteiger partial charge in [-0.2, -0.15) is 4.98 Å². The molecule has 0 spiro atoms. The number of ether oxygens (including phenoxy) is 1. The molecule has 0 radical (unpaired) electrons. The van der Waals surface area contributed by atoms with E-state index in [2.05, 4.69) is 45.7 Å². The molecule has 2 N–H and O–H groups in total. The van der Waals surface area contributed by atoms with E-state index in [9.17, 15) is 0 Å². The fourth-order valence-corrected chi connectivity index (χ4v) is 3.08.